The largest absolute Gasteiger partial charge is 0.339 e. The van der Waals surface area contributed by atoms with Crippen molar-refractivity contribution >= 4 is 11.8 Å². The first kappa shape index (κ1) is 17.7. The first-order valence-corrected chi connectivity index (χ1v) is 9.54. The van der Waals surface area contributed by atoms with Crippen LogP contribution in [0.25, 0.3) is 0 Å². The maximum Gasteiger partial charge on any atom is 0.255 e. The molecule has 0 bridgehead atoms. The molecule has 2 fully saturated rings. The van der Waals surface area contributed by atoms with E-state index in [2.05, 4.69) is 4.98 Å². The molecule has 2 aromatic rings. The molecule has 2 aliphatic heterocycles. The maximum atomic E-state index is 12.9. The van der Waals surface area contributed by atoms with Gasteiger partial charge in [0.25, 0.3) is 5.91 Å². The molecule has 3 heterocycles. The van der Waals surface area contributed by atoms with E-state index < -0.39 is 0 Å². The van der Waals surface area contributed by atoms with Crippen LogP contribution in [0.15, 0.2) is 48.8 Å². The predicted molar refractivity (Wildman–Crippen MR) is 103 cm³/mol. The van der Waals surface area contributed by atoms with Crippen molar-refractivity contribution in [1.29, 1.82) is 0 Å². The van der Waals surface area contributed by atoms with Gasteiger partial charge in [0.2, 0.25) is 5.91 Å². The van der Waals surface area contributed by atoms with Gasteiger partial charge in [-0.3, -0.25) is 14.6 Å². The minimum Gasteiger partial charge on any atom is -0.339 e. The molecule has 0 saturated carbocycles. The van der Waals surface area contributed by atoms with E-state index in [1.54, 1.807) is 12.4 Å². The lowest BCUT2D eigenvalue weighted by Gasteiger charge is -2.43. The van der Waals surface area contributed by atoms with Crippen LogP contribution >= 0.6 is 0 Å². The number of piperidine rings is 1. The van der Waals surface area contributed by atoms with Crippen molar-refractivity contribution in [2.75, 3.05) is 20.1 Å². The standard InChI is InChI=1S/C22H25N3O2/c1-16-8-11-23-15-19(16)21(27)25-12-9-22(10-13-25)14-18(20(26)24(22)2)17-6-4-3-5-7-17/h3-8,11,15,18H,9-10,12-14H2,1-2H3/t18-/m1/s1. The number of carbonyl (C=O) groups excluding carboxylic acids is 2. The number of nitrogens with zero attached hydrogens (tertiary/aromatic N) is 3. The number of amides is 2. The first-order chi connectivity index (χ1) is 13.0. The zero-order valence-electron chi connectivity index (χ0n) is 15.9. The molecule has 2 saturated heterocycles. The van der Waals surface area contributed by atoms with Crippen LogP contribution in [0.5, 0.6) is 0 Å². The Balaban J connectivity index is 1.49. The van der Waals surface area contributed by atoms with E-state index in [9.17, 15) is 9.59 Å². The minimum atomic E-state index is -0.141. The van der Waals surface area contributed by atoms with Gasteiger partial charge in [-0.05, 0) is 43.4 Å². The number of pyridine rings is 1. The number of carbonyl (C=O) groups is 2. The van der Waals surface area contributed by atoms with E-state index in [1.165, 1.54) is 0 Å². The summed E-state index contributed by atoms with van der Waals surface area (Å²) in [6, 6.07) is 11.9. The number of aryl methyl sites for hydroxylation is 1. The lowest BCUT2D eigenvalue weighted by Crippen LogP contribution is -2.52. The quantitative estimate of drug-likeness (QED) is 0.824. The van der Waals surface area contributed by atoms with Gasteiger partial charge in [0.15, 0.2) is 0 Å². The summed E-state index contributed by atoms with van der Waals surface area (Å²) in [5.74, 6) is 0.171. The molecule has 0 N–H and O–H groups in total. The molecule has 2 amide bonds. The third-order valence-corrected chi connectivity index (χ3v) is 6.38. The fourth-order valence-corrected chi connectivity index (χ4v) is 4.54. The molecule has 1 spiro atoms. The van der Waals surface area contributed by atoms with Gasteiger partial charge in [-0.1, -0.05) is 30.3 Å². The number of likely N-dealkylation sites (tertiary alicyclic amines) is 2. The van der Waals surface area contributed by atoms with Crippen molar-refractivity contribution in [3.05, 3.63) is 65.5 Å². The lowest BCUT2D eigenvalue weighted by molar-refractivity contribution is -0.131. The Morgan fingerprint density at radius 2 is 1.85 bits per heavy atom. The van der Waals surface area contributed by atoms with E-state index in [4.69, 9.17) is 0 Å². The van der Waals surface area contributed by atoms with E-state index in [0.29, 0.717) is 18.7 Å². The highest BCUT2D eigenvalue weighted by Gasteiger charge is 2.50. The summed E-state index contributed by atoms with van der Waals surface area (Å²) in [6.07, 6.45) is 5.84. The van der Waals surface area contributed by atoms with Gasteiger partial charge in [-0.2, -0.15) is 0 Å². The van der Waals surface area contributed by atoms with Crippen molar-refractivity contribution in [3.63, 3.8) is 0 Å². The number of hydrogen-bond donors (Lipinski definition) is 0. The third kappa shape index (κ3) is 3.01. The Morgan fingerprint density at radius 1 is 1.15 bits per heavy atom. The van der Waals surface area contributed by atoms with Crippen LogP contribution in [0, 0.1) is 6.92 Å². The highest BCUT2D eigenvalue weighted by atomic mass is 16.2. The molecule has 27 heavy (non-hydrogen) atoms. The smallest absolute Gasteiger partial charge is 0.255 e. The fourth-order valence-electron chi connectivity index (χ4n) is 4.54. The zero-order valence-corrected chi connectivity index (χ0v) is 15.9. The fraction of sp³-hybridized carbons (Fsp3) is 0.409. The summed E-state index contributed by atoms with van der Waals surface area (Å²) < 4.78 is 0. The highest BCUT2D eigenvalue weighted by molar-refractivity contribution is 5.95. The van der Waals surface area contributed by atoms with Gasteiger partial charge in [-0.25, -0.2) is 0 Å². The molecule has 0 unspecified atom stereocenters. The van der Waals surface area contributed by atoms with Crippen LogP contribution in [-0.4, -0.2) is 52.3 Å². The summed E-state index contributed by atoms with van der Waals surface area (Å²) >= 11 is 0. The van der Waals surface area contributed by atoms with E-state index in [0.717, 1.165) is 30.4 Å². The normalized spacial score (nSPS) is 21.7. The minimum absolute atomic E-state index is 0.0436. The second-order valence-corrected chi connectivity index (χ2v) is 7.77. The molecular formula is C22H25N3O2. The van der Waals surface area contributed by atoms with Gasteiger partial charge < -0.3 is 9.80 Å². The number of likely N-dealkylation sites (N-methyl/N-ethyl adjacent to an activating group) is 1. The average molecular weight is 363 g/mol. The van der Waals surface area contributed by atoms with Gasteiger partial charge in [-0.15, -0.1) is 0 Å². The Morgan fingerprint density at radius 3 is 2.52 bits per heavy atom. The van der Waals surface area contributed by atoms with Crippen LogP contribution < -0.4 is 0 Å². The van der Waals surface area contributed by atoms with Crippen LogP contribution in [0.1, 0.15) is 46.7 Å². The highest BCUT2D eigenvalue weighted by Crippen LogP contribution is 2.44. The maximum absolute atomic E-state index is 12.9. The molecule has 5 heteroatoms. The molecule has 2 aliphatic rings. The number of rotatable bonds is 2. The molecule has 4 rings (SSSR count). The predicted octanol–water partition coefficient (Wildman–Crippen LogP) is 3.01. The summed E-state index contributed by atoms with van der Waals surface area (Å²) in [6.45, 7) is 3.28. The van der Waals surface area contributed by atoms with Crippen molar-refractivity contribution in [3.8, 4) is 0 Å². The second kappa shape index (κ2) is 6.80. The Kier molecular flexibility index (Phi) is 4.46. The number of hydrogen-bond acceptors (Lipinski definition) is 3. The molecule has 140 valence electrons. The third-order valence-electron chi connectivity index (χ3n) is 6.38. The van der Waals surface area contributed by atoms with Gasteiger partial charge >= 0.3 is 0 Å². The summed E-state index contributed by atoms with van der Waals surface area (Å²) in [5.41, 5.74) is 2.58. The van der Waals surface area contributed by atoms with Crippen LogP contribution in [0.4, 0.5) is 0 Å². The Labute approximate surface area is 160 Å². The Hall–Kier alpha value is -2.69. The summed E-state index contributed by atoms with van der Waals surface area (Å²) in [7, 11) is 1.92. The van der Waals surface area contributed by atoms with Crippen LogP contribution in [0.2, 0.25) is 0 Å². The van der Waals surface area contributed by atoms with Gasteiger partial charge in [0.05, 0.1) is 11.5 Å². The molecule has 1 aromatic heterocycles. The molecule has 5 nitrogen and oxygen atoms in total. The van der Waals surface area contributed by atoms with Crippen molar-refractivity contribution in [2.24, 2.45) is 0 Å². The molecular weight excluding hydrogens is 338 g/mol. The van der Waals surface area contributed by atoms with Crippen LogP contribution in [-0.2, 0) is 4.79 Å². The molecule has 0 radical (unpaired) electrons. The number of aromatic nitrogens is 1. The van der Waals surface area contributed by atoms with E-state index >= 15 is 0 Å². The summed E-state index contributed by atoms with van der Waals surface area (Å²) in [4.78, 5) is 33.7. The van der Waals surface area contributed by atoms with Gasteiger partial charge in [0, 0.05) is 38.1 Å². The second-order valence-electron chi connectivity index (χ2n) is 7.77. The van der Waals surface area contributed by atoms with Crippen molar-refractivity contribution < 1.29 is 9.59 Å². The number of benzene rings is 1. The van der Waals surface area contributed by atoms with E-state index in [1.807, 2.05) is 60.2 Å². The SMILES string of the molecule is Cc1ccncc1C(=O)N1CCC2(CC1)C[C@H](c1ccccc1)C(=O)N2C. The van der Waals surface area contributed by atoms with Crippen LogP contribution in [0.3, 0.4) is 0 Å². The molecule has 0 aliphatic carbocycles. The lowest BCUT2D eigenvalue weighted by atomic mass is 9.81. The Bertz CT molecular complexity index is 857. The molecule has 1 atom stereocenters. The van der Waals surface area contributed by atoms with Gasteiger partial charge in [0.1, 0.15) is 0 Å². The molecule has 1 aromatic carbocycles. The first-order valence-electron chi connectivity index (χ1n) is 9.54. The monoisotopic (exact) mass is 363 g/mol. The average Bonchev–Trinajstić information content (AvgIpc) is 2.94. The van der Waals surface area contributed by atoms with Crippen molar-refractivity contribution in [2.45, 2.75) is 37.6 Å². The topological polar surface area (TPSA) is 53.5 Å². The van der Waals surface area contributed by atoms with E-state index in [-0.39, 0.29) is 23.3 Å². The zero-order chi connectivity index (χ0) is 19.0. The van der Waals surface area contributed by atoms with Crippen molar-refractivity contribution in [1.82, 2.24) is 14.8 Å². The summed E-state index contributed by atoms with van der Waals surface area (Å²) in [5, 5.41) is 0.